The number of ether oxygens (including phenoxy) is 3. The van der Waals surface area contributed by atoms with E-state index in [2.05, 4.69) is 6.07 Å². The van der Waals surface area contributed by atoms with Crippen LogP contribution in [0.25, 0.3) is 11.1 Å². The third-order valence-electron chi connectivity index (χ3n) is 7.52. The van der Waals surface area contributed by atoms with Gasteiger partial charge in [-0.05, 0) is 47.0 Å². The van der Waals surface area contributed by atoms with E-state index in [1.165, 1.54) is 14.2 Å². The molecule has 0 aliphatic heterocycles. The minimum atomic E-state index is -1.02. The van der Waals surface area contributed by atoms with Crippen molar-refractivity contribution in [2.75, 3.05) is 14.2 Å². The summed E-state index contributed by atoms with van der Waals surface area (Å²) in [5, 5.41) is 19.6. The number of carbonyl (C=O) groups excluding carboxylic acids is 1. The van der Waals surface area contributed by atoms with Crippen LogP contribution in [0.1, 0.15) is 28.5 Å². The van der Waals surface area contributed by atoms with Gasteiger partial charge in [-0.3, -0.25) is 9.59 Å². The van der Waals surface area contributed by atoms with Crippen LogP contribution in [0, 0.1) is 23.2 Å². The Labute approximate surface area is 232 Å². The first-order chi connectivity index (χ1) is 19.5. The number of rotatable bonds is 8. The molecule has 0 spiro atoms. The summed E-state index contributed by atoms with van der Waals surface area (Å²) in [7, 11) is 3.04. The van der Waals surface area contributed by atoms with E-state index >= 15 is 0 Å². The topological polar surface area (TPSA) is 106 Å². The van der Waals surface area contributed by atoms with Gasteiger partial charge in [0, 0.05) is 17.4 Å². The zero-order valence-electron chi connectivity index (χ0n) is 22.0. The fourth-order valence-corrected chi connectivity index (χ4v) is 5.70. The van der Waals surface area contributed by atoms with Crippen LogP contribution in [0.5, 0.6) is 17.2 Å². The predicted molar refractivity (Wildman–Crippen MR) is 148 cm³/mol. The predicted octanol–water partition coefficient (Wildman–Crippen LogP) is 6.05. The zero-order valence-corrected chi connectivity index (χ0v) is 22.0. The standard InChI is InChI=1S/C33H27NO6/c1-38-25-12-6-4-10-23(25)28-30(32(35)36)29(24-11-5-7-13-26(24)39-2)31(28)33(37)40-27-14-8-3-9-22(27)21-17-15-20(19-34)16-18-21/h3-18,28-31H,1-2H3,(H,35,36)/t28-,29?,30?,31?/m1/s1. The van der Waals surface area contributed by atoms with Crippen molar-refractivity contribution < 1.29 is 28.9 Å². The molecule has 4 atom stereocenters. The van der Waals surface area contributed by atoms with E-state index in [-0.39, 0.29) is 0 Å². The second-order valence-electron chi connectivity index (χ2n) is 9.53. The second-order valence-corrected chi connectivity index (χ2v) is 9.53. The number of carbonyl (C=O) groups is 2. The molecule has 1 aliphatic rings. The lowest BCUT2D eigenvalue weighted by atomic mass is 9.52. The Kier molecular flexibility index (Phi) is 7.52. The molecule has 0 saturated heterocycles. The normalized spacial score (nSPS) is 19.5. The number of carboxylic acids is 1. The highest BCUT2D eigenvalue weighted by Gasteiger charge is 2.60. The highest BCUT2D eigenvalue weighted by molar-refractivity contribution is 5.87. The smallest absolute Gasteiger partial charge is 0.315 e. The second kappa shape index (κ2) is 11.3. The summed E-state index contributed by atoms with van der Waals surface area (Å²) < 4.78 is 17.2. The molecule has 1 fully saturated rings. The number of methoxy groups -OCH3 is 2. The van der Waals surface area contributed by atoms with Crippen LogP contribution in [0.2, 0.25) is 0 Å². The van der Waals surface area contributed by atoms with Gasteiger partial charge in [-0.15, -0.1) is 0 Å². The SMILES string of the molecule is COc1ccccc1C1C(C(=O)O)[C@@H](c2ccccc2OC)C1C(=O)Oc1ccccc1-c1ccc(C#N)cc1. The van der Waals surface area contributed by atoms with Gasteiger partial charge in [0.05, 0.1) is 37.7 Å². The average molecular weight is 534 g/mol. The molecule has 200 valence electrons. The first-order valence-electron chi connectivity index (χ1n) is 12.8. The lowest BCUT2D eigenvalue weighted by Gasteiger charge is -2.49. The van der Waals surface area contributed by atoms with Crippen LogP contribution in [-0.4, -0.2) is 31.3 Å². The minimum Gasteiger partial charge on any atom is -0.496 e. The van der Waals surface area contributed by atoms with E-state index in [9.17, 15) is 14.7 Å². The Morgan fingerprint density at radius 1 is 0.700 bits per heavy atom. The van der Waals surface area contributed by atoms with Gasteiger partial charge < -0.3 is 19.3 Å². The maximum atomic E-state index is 14.1. The number of esters is 1. The van der Waals surface area contributed by atoms with E-state index < -0.39 is 35.6 Å². The molecule has 7 nitrogen and oxygen atoms in total. The minimum absolute atomic E-state index is 0.341. The van der Waals surface area contributed by atoms with Crippen molar-refractivity contribution in [2.45, 2.75) is 11.8 Å². The van der Waals surface area contributed by atoms with Gasteiger partial charge >= 0.3 is 11.9 Å². The Bertz CT molecular complexity index is 1530. The van der Waals surface area contributed by atoms with Gasteiger partial charge in [-0.1, -0.05) is 66.7 Å². The Morgan fingerprint density at radius 3 is 1.70 bits per heavy atom. The van der Waals surface area contributed by atoms with Crippen molar-refractivity contribution in [2.24, 2.45) is 11.8 Å². The van der Waals surface area contributed by atoms with Crippen molar-refractivity contribution in [3.8, 4) is 34.4 Å². The molecule has 1 N–H and O–H groups in total. The van der Waals surface area contributed by atoms with Crippen molar-refractivity contribution in [3.63, 3.8) is 0 Å². The maximum Gasteiger partial charge on any atom is 0.315 e. The zero-order chi connectivity index (χ0) is 28.2. The van der Waals surface area contributed by atoms with Crippen LogP contribution >= 0.6 is 0 Å². The van der Waals surface area contributed by atoms with Crippen LogP contribution in [0.4, 0.5) is 0 Å². The summed E-state index contributed by atoms with van der Waals surface area (Å²) in [5.41, 5.74) is 3.24. The van der Waals surface area contributed by atoms with Gasteiger partial charge in [0.2, 0.25) is 0 Å². The molecule has 0 bridgehead atoms. The molecule has 0 heterocycles. The number of para-hydroxylation sites is 3. The molecule has 40 heavy (non-hydrogen) atoms. The molecule has 1 saturated carbocycles. The Hall–Kier alpha value is -5.09. The molecule has 0 amide bonds. The van der Waals surface area contributed by atoms with Crippen LogP contribution in [-0.2, 0) is 9.59 Å². The van der Waals surface area contributed by atoms with Crippen molar-refractivity contribution in [3.05, 3.63) is 114 Å². The summed E-state index contributed by atoms with van der Waals surface area (Å²) in [6, 6.07) is 30.5. The molecule has 1 aliphatic carbocycles. The summed E-state index contributed by atoms with van der Waals surface area (Å²) in [6.45, 7) is 0. The van der Waals surface area contributed by atoms with Gasteiger partial charge in [0.25, 0.3) is 0 Å². The van der Waals surface area contributed by atoms with E-state index in [1.807, 2.05) is 12.1 Å². The van der Waals surface area contributed by atoms with Gasteiger partial charge in [0.1, 0.15) is 17.2 Å². The molecular formula is C33H27NO6. The first-order valence-corrected chi connectivity index (χ1v) is 12.8. The number of carboxylic acid groups (broad SMARTS) is 1. The fraction of sp³-hybridized carbons (Fsp3) is 0.182. The third kappa shape index (κ3) is 4.76. The maximum absolute atomic E-state index is 14.1. The molecule has 0 aromatic heterocycles. The van der Waals surface area contributed by atoms with Crippen molar-refractivity contribution in [1.29, 1.82) is 5.26 Å². The van der Waals surface area contributed by atoms with Crippen molar-refractivity contribution in [1.82, 2.24) is 0 Å². The largest absolute Gasteiger partial charge is 0.496 e. The molecular weight excluding hydrogens is 506 g/mol. The van der Waals surface area contributed by atoms with E-state index in [0.29, 0.717) is 39.5 Å². The third-order valence-corrected chi connectivity index (χ3v) is 7.52. The van der Waals surface area contributed by atoms with Gasteiger partial charge in [-0.25, -0.2) is 0 Å². The molecule has 0 radical (unpaired) electrons. The number of benzene rings is 4. The van der Waals surface area contributed by atoms with Crippen LogP contribution in [0.3, 0.4) is 0 Å². The van der Waals surface area contributed by atoms with E-state index in [1.54, 1.807) is 84.9 Å². The summed E-state index contributed by atoms with van der Waals surface area (Å²) in [6.07, 6.45) is 0. The van der Waals surface area contributed by atoms with Crippen LogP contribution in [0.15, 0.2) is 97.1 Å². The number of nitrogens with zero attached hydrogens (tertiary/aromatic N) is 1. The van der Waals surface area contributed by atoms with Crippen molar-refractivity contribution >= 4 is 11.9 Å². The van der Waals surface area contributed by atoms with Gasteiger partial charge in [-0.2, -0.15) is 5.26 Å². The Morgan fingerprint density at radius 2 is 1.20 bits per heavy atom. The van der Waals surface area contributed by atoms with Gasteiger partial charge in [0.15, 0.2) is 0 Å². The monoisotopic (exact) mass is 533 g/mol. The lowest BCUT2D eigenvalue weighted by Crippen LogP contribution is -2.52. The molecule has 4 aromatic rings. The number of hydrogen-bond acceptors (Lipinski definition) is 6. The summed E-state index contributed by atoms with van der Waals surface area (Å²) in [5.74, 6) is -3.35. The first kappa shape index (κ1) is 26.5. The molecule has 4 aromatic carbocycles. The number of hydrogen-bond donors (Lipinski definition) is 1. The molecule has 7 heteroatoms. The summed E-state index contributed by atoms with van der Waals surface area (Å²) in [4.78, 5) is 26.8. The molecule has 5 rings (SSSR count). The highest BCUT2D eigenvalue weighted by atomic mass is 16.5. The quantitative estimate of drug-likeness (QED) is 0.217. The van der Waals surface area contributed by atoms with E-state index in [0.717, 1.165) is 5.56 Å². The van der Waals surface area contributed by atoms with Crippen LogP contribution < -0.4 is 14.2 Å². The number of nitriles is 1. The summed E-state index contributed by atoms with van der Waals surface area (Å²) >= 11 is 0. The molecule has 3 unspecified atom stereocenters. The highest BCUT2D eigenvalue weighted by Crippen LogP contribution is 2.60. The number of aliphatic carboxylic acids is 1. The van der Waals surface area contributed by atoms with E-state index in [4.69, 9.17) is 19.5 Å². The average Bonchev–Trinajstić information content (AvgIpc) is 2.97. The fourth-order valence-electron chi connectivity index (χ4n) is 5.70. The lowest BCUT2D eigenvalue weighted by molar-refractivity contribution is -0.158. The Balaban J connectivity index is 1.59.